The van der Waals surface area contributed by atoms with Crippen molar-refractivity contribution in [2.24, 2.45) is 0 Å². The standard InChI is InChI=1S/C31H18N2O8/c34-26(18-5-12-23-25(14-18)31(40)41-30(23)39)32-20-7-1-16(2-8-20)13-17-3-9-21(10-4-17)33-27(35)22-11-6-19(29(37)38)15-24(22)28(33)36/h1-12,14-15H,13H2,(H,32,34)(H,37,38). The van der Waals surface area contributed by atoms with Crippen LogP contribution in [-0.4, -0.2) is 40.7 Å². The van der Waals surface area contributed by atoms with Crippen molar-refractivity contribution in [2.75, 3.05) is 10.2 Å². The van der Waals surface area contributed by atoms with Crippen LogP contribution in [0.1, 0.15) is 73.3 Å². The number of carbonyl (C=O) groups excluding carboxylic acids is 5. The number of hydrogen-bond donors (Lipinski definition) is 2. The molecule has 2 heterocycles. The number of carboxylic acid groups (broad SMARTS) is 1. The van der Waals surface area contributed by atoms with Gasteiger partial charge in [-0.05, 0) is 78.2 Å². The van der Waals surface area contributed by atoms with Crippen LogP contribution in [-0.2, 0) is 11.2 Å². The van der Waals surface area contributed by atoms with Gasteiger partial charge in [-0.1, -0.05) is 24.3 Å². The molecule has 0 fully saturated rings. The molecule has 0 saturated heterocycles. The van der Waals surface area contributed by atoms with E-state index in [0.29, 0.717) is 17.8 Å². The van der Waals surface area contributed by atoms with Crippen molar-refractivity contribution in [2.45, 2.75) is 6.42 Å². The number of benzene rings is 4. The van der Waals surface area contributed by atoms with Gasteiger partial charge in [0, 0.05) is 11.3 Å². The molecule has 4 aromatic rings. The minimum atomic E-state index is -1.18. The Morgan fingerprint density at radius 2 is 1.22 bits per heavy atom. The van der Waals surface area contributed by atoms with Crippen LogP contribution in [0.2, 0.25) is 0 Å². The summed E-state index contributed by atoms with van der Waals surface area (Å²) in [6, 6.07) is 22.1. The summed E-state index contributed by atoms with van der Waals surface area (Å²) in [6.45, 7) is 0. The van der Waals surface area contributed by atoms with Crippen molar-refractivity contribution < 1.29 is 38.6 Å². The van der Waals surface area contributed by atoms with E-state index >= 15 is 0 Å². The molecule has 0 saturated carbocycles. The summed E-state index contributed by atoms with van der Waals surface area (Å²) < 4.78 is 4.55. The Hall–Kier alpha value is -5.90. The highest BCUT2D eigenvalue weighted by Gasteiger charge is 2.37. The van der Waals surface area contributed by atoms with E-state index in [1.165, 1.54) is 36.4 Å². The third kappa shape index (κ3) is 4.53. The van der Waals surface area contributed by atoms with Crippen LogP contribution in [0, 0.1) is 0 Å². The number of fused-ring (bicyclic) bond motifs is 2. The lowest BCUT2D eigenvalue weighted by Crippen LogP contribution is -2.29. The first kappa shape index (κ1) is 25.4. The van der Waals surface area contributed by atoms with Gasteiger partial charge >= 0.3 is 17.9 Å². The van der Waals surface area contributed by atoms with E-state index in [0.717, 1.165) is 16.0 Å². The number of ether oxygens (including phenoxy) is 1. The molecule has 0 radical (unpaired) electrons. The predicted molar refractivity (Wildman–Crippen MR) is 144 cm³/mol. The van der Waals surface area contributed by atoms with Crippen LogP contribution >= 0.6 is 0 Å². The van der Waals surface area contributed by atoms with Gasteiger partial charge in [0.2, 0.25) is 0 Å². The lowest BCUT2D eigenvalue weighted by atomic mass is 10.0. The minimum absolute atomic E-state index is 0.0549. The molecule has 41 heavy (non-hydrogen) atoms. The largest absolute Gasteiger partial charge is 0.478 e. The Morgan fingerprint density at radius 1 is 0.659 bits per heavy atom. The summed E-state index contributed by atoms with van der Waals surface area (Å²) in [5.41, 5.74) is 3.29. The van der Waals surface area contributed by atoms with Crippen LogP contribution in [0.25, 0.3) is 0 Å². The van der Waals surface area contributed by atoms with Crippen molar-refractivity contribution in [1.82, 2.24) is 0 Å². The molecule has 0 aromatic heterocycles. The molecule has 3 amide bonds. The Labute approximate surface area is 231 Å². The van der Waals surface area contributed by atoms with Crippen LogP contribution in [0.4, 0.5) is 11.4 Å². The first-order valence-corrected chi connectivity index (χ1v) is 12.4. The number of carboxylic acids is 1. The first-order chi connectivity index (χ1) is 19.7. The van der Waals surface area contributed by atoms with Crippen molar-refractivity contribution in [1.29, 1.82) is 0 Å². The number of imide groups is 1. The average Bonchev–Trinajstić information content (AvgIpc) is 3.40. The fourth-order valence-electron chi connectivity index (χ4n) is 4.74. The molecule has 2 N–H and O–H groups in total. The maximum atomic E-state index is 12.9. The van der Waals surface area contributed by atoms with Gasteiger partial charge in [0.15, 0.2) is 0 Å². The fraction of sp³-hybridized carbons (Fsp3) is 0.0323. The van der Waals surface area contributed by atoms with E-state index in [4.69, 9.17) is 0 Å². The van der Waals surface area contributed by atoms with E-state index < -0.39 is 35.6 Å². The van der Waals surface area contributed by atoms with E-state index in [9.17, 15) is 33.9 Å². The van der Waals surface area contributed by atoms with Gasteiger partial charge < -0.3 is 15.2 Å². The molecular formula is C31H18N2O8. The predicted octanol–water partition coefficient (Wildman–Crippen LogP) is 4.34. The number of esters is 2. The third-order valence-electron chi connectivity index (χ3n) is 6.86. The number of aromatic carboxylic acids is 1. The zero-order valence-electron chi connectivity index (χ0n) is 21.0. The number of cyclic esters (lactones) is 2. The summed E-state index contributed by atoms with van der Waals surface area (Å²) in [6.07, 6.45) is 0.541. The Kier molecular flexibility index (Phi) is 6.00. The number of nitrogens with zero attached hydrogens (tertiary/aromatic N) is 1. The summed E-state index contributed by atoms with van der Waals surface area (Å²) >= 11 is 0. The maximum Gasteiger partial charge on any atom is 0.346 e. The fourth-order valence-corrected chi connectivity index (χ4v) is 4.74. The van der Waals surface area contributed by atoms with Crippen LogP contribution in [0.5, 0.6) is 0 Å². The highest BCUT2D eigenvalue weighted by Crippen LogP contribution is 2.30. The topological polar surface area (TPSA) is 147 Å². The van der Waals surface area contributed by atoms with Crippen molar-refractivity contribution in [3.63, 3.8) is 0 Å². The first-order valence-electron chi connectivity index (χ1n) is 12.4. The van der Waals surface area contributed by atoms with Crippen molar-refractivity contribution in [3.8, 4) is 0 Å². The zero-order chi connectivity index (χ0) is 28.8. The van der Waals surface area contributed by atoms with Crippen LogP contribution in [0.3, 0.4) is 0 Å². The van der Waals surface area contributed by atoms with Gasteiger partial charge in [-0.2, -0.15) is 0 Å². The van der Waals surface area contributed by atoms with Crippen molar-refractivity contribution in [3.05, 3.63) is 129 Å². The summed E-state index contributed by atoms with van der Waals surface area (Å²) in [5.74, 6) is -4.24. The van der Waals surface area contributed by atoms with Crippen LogP contribution < -0.4 is 10.2 Å². The van der Waals surface area contributed by atoms with Gasteiger partial charge in [0.25, 0.3) is 17.7 Å². The SMILES string of the molecule is O=C(O)c1ccc2c(c1)C(=O)N(c1ccc(Cc3ccc(NC(=O)c4ccc5c(c4)C(=O)OC5=O)cc3)cc1)C2=O. The second kappa shape index (κ2) is 9.69. The van der Waals surface area contributed by atoms with Gasteiger partial charge in [-0.15, -0.1) is 0 Å². The van der Waals surface area contributed by atoms with E-state index in [1.54, 1.807) is 36.4 Å². The van der Waals surface area contributed by atoms with Gasteiger partial charge in [0.05, 0.1) is 33.5 Å². The Morgan fingerprint density at radius 3 is 1.90 bits per heavy atom. The molecule has 2 aliphatic rings. The number of rotatable bonds is 6. The molecule has 200 valence electrons. The van der Waals surface area contributed by atoms with E-state index in [-0.39, 0.29) is 33.4 Å². The minimum Gasteiger partial charge on any atom is -0.478 e. The third-order valence-corrected chi connectivity index (χ3v) is 6.86. The normalized spacial score (nSPS) is 13.6. The number of anilines is 2. The lowest BCUT2D eigenvalue weighted by Gasteiger charge is -2.14. The molecule has 6 rings (SSSR count). The quantitative estimate of drug-likeness (QED) is 0.206. The summed E-state index contributed by atoms with van der Waals surface area (Å²) in [7, 11) is 0. The molecule has 0 atom stereocenters. The molecule has 2 aliphatic heterocycles. The summed E-state index contributed by atoms with van der Waals surface area (Å²) in [4.78, 5) is 74.0. The number of amides is 3. The smallest absolute Gasteiger partial charge is 0.346 e. The molecular weight excluding hydrogens is 528 g/mol. The maximum absolute atomic E-state index is 12.9. The molecule has 10 heteroatoms. The zero-order valence-corrected chi connectivity index (χ0v) is 21.0. The second-order valence-electron chi connectivity index (χ2n) is 9.44. The highest BCUT2D eigenvalue weighted by molar-refractivity contribution is 6.34. The second-order valence-corrected chi connectivity index (χ2v) is 9.44. The van der Waals surface area contributed by atoms with Gasteiger partial charge in [0.1, 0.15) is 0 Å². The molecule has 0 spiro atoms. The van der Waals surface area contributed by atoms with Gasteiger partial charge in [-0.25, -0.2) is 19.3 Å². The lowest BCUT2D eigenvalue weighted by molar-refractivity contribution is 0.0442. The number of carbonyl (C=O) groups is 6. The van der Waals surface area contributed by atoms with Crippen molar-refractivity contribution >= 4 is 47.0 Å². The molecule has 10 nitrogen and oxygen atoms in total. The number of hydrogen-bond acceptors (Lipinski definition) is 7. The number of nitrogens with one attached hydrogen (secondary N) is 1. The van der Waals surface area contributed by atoms with Gasteiger partial charge in [-0.3, -0.25) is 14.4 Å². The average molecular weight is 546 g/mol. The van der Waals surface area contributed by atoms with E-state index in [2.05, 4.69) is 10.1 Å². The monoisotopic (exact) mass is 546 g/mol. The Balaban J connectivity index is 1.11. The van der Waals surface area contributed by atoms with Crippen LogP contribution in [0.15, 0.2) is 84.9 Å². The summed E-state index contributed by atoms with van der Waals surface area (Å²) in [5, 5.41) is 11.9. The molecule has 0 unspecified atom stereocenters. The molecule has 0 aliphatic carbocycles. The van der Waals surface area contributed by atoms with E-state index in [1.807, 2.05) is 12.1 Å². The Bertz CT molecular complexity index is 1820. The molecule has 0 bridgehead atoms. The highest BCUT2D eigenvalue weighted by atomic mass is 16.6. The molecule has 4 aromatic carbocycles.